The van der Waals surface area contributed by atoms with Crippen LogP contribution in [0.4, 0.5) is 0 Å². The van der Waals surface area contributed by atoms with Gasteiger partial charge in [0.1, 0.15) is 0 Å². The van der Waals surface area contributed by atoms with Crippen LogP contribution < -0.4 is 0 Å². The van der Waals surface area contributed by atoms with Crippen molar-refractivity contribution in [2.75, 3.05) is 26.7 Å². The number of hydrogen-bond acceptors (Lipinski definition) is 3. The molecule has 0 aromatic carbocycles. The molecule has 2 atom stereocenters. The van der Waals surface area contributed by atoms with E-state index in [1.807, 2.05) is 0 Å². The van der Waals surface area contributed by atoms with Crippen LogP contribution in [0.3, 0.4) is 0 Å². The van der Waals surface area contributed by atoms with Crippen LogP contribution in [0.2, 0.25) is 0 Å². The Kier molecular flexibility index (Phi) is 5.03. The third-order valence-electron chi connectivity index (χ3n) is 3.44. The molecule has 0 radical (unpaired) electrons. The molecule has 1 heterocycles. The second kappa shape index (κ2) is 5.83. The van der Waals surface area contributed by atoms with Crippen molar-refractivity contribution in [3.63, 3.8) is 0 Å². The first-order valence-corrected chi connectivity index (χ1v) is 6.13. The Balaban J connectivity index is 2.73. The lowest BCUT2D eigenvalue weighted by Gasteiger charge is -2.37. The summed E-state index contributed by atoms with van der Waals surface area (Å²) in [6.45, 7) is 9.38. The Morgan fingerprint density at radius 3 is 2.60 bits per heavy atom. The number of aliphatic hydroxyl groups is 1. The molecule has 1 saturated heterocycles. The summed E-state index contributed by atoms with van der Waals surface area (Å²) in [4.78, 5) is 4.96. The Labute approximate surface area is 94.1 Å². The van der Waals surface area contributed by atoms with Gasteiger partial charge in [-0.2, -0.15) is 0 Å². The first-order chi connectivity index (χ1) is 7.06. The fourth-order valence-corrected chi connectivity index (χ4v) is 2.78. The van der Waals surface area contributed by atoms with Gasteiger partial charge in [0.15, 0.2) is 0 Å². The van der Waals surface area contributed by atoms with Crippen molar-refractivity contribution < 1.29 is 5.11 Å². The van der Waals surface area contributed by atoms with Crippen LogP contribution in [-0.2, 0) is 0 Å². The van der Waals surface area contributed by atoms with Crippen molar-refractivity contribution in [2.45, 2.75) is 51.7 Å². The summed E-state index contributed by atoms with van der Waals surface area (Å²) in [5.74, 6) is 0. The van der Waals surface area contributed by atoms with E-state index < -0.39 is 0 Å². The topological polar surface area (TPSA) is 26.7 Å². The number of rotatable bonds is 3. The molecule has 0 aliphatic carbocycles. The zero-order valence-electron chi connectivity index (χ0n) is 10.6. The largest absolute Gasteiger partial charge is 0.396 e. The number of aliphatic hydroxyl groups excluding tert-OH is 1. The van der Waals surface area contributed by atoms with Gasteiger partial charge in [0.2, 0.25) is 0 Å². The molecular weight excluding hydrogens is 188 g/mol. The standard InChI is InChI=1S/C12H26N2O/c1-10(2)14-11(3)5-7-13(4)9-12(14)6-8-15/h10-12,15H,5-9H2,1-4H3. The van der Waals surface area contributed by atoms with Crippen LogP contribution in [0.1, 0.15) is 33.6 Å². The molecule has 0 aromatic heterocycles. The Morgan fingerprint density at radius 2 is 2.07 bits per heavy atom. The van der Waals surface area contributed by atoms with E-state index in [1.54, 1.807) is 0 Å². The molecule has 1 rings (SSSR count). The number of nitrogens with zero attached hydrogens (tertiary/aromatic N) is 2. The van der Waals surface area contributed by atoms with Crippen molar-refractivity contribution >= 4 is 0 Å². The van der Waals surface area contributed by atoms with Crippen LogP contribution in [-0.4, -0.2) is 59.8 Å². The van der Waals surface area contributed by atoms with Gasteiger partial charge >= 0.3 is 0 Å². The average Bonchev–Trinajstić information content (AvgIpc) is 2.26. The van der Waals surface area contributed by atoms with Gasteiger partial charge < -0.3 is 10.0 Å². The van der Waals surface area contributed by atoms with Gasteiger partial charge in [-0.15, -0.1) is 0 Å². The van der Waals surface area contributed by atoms with Crippen molar-refractivity contribution in [3.05, 3.63) is 0 Å². The second-order valence-electron chi connectivity index (χ2n) is 5.11. The van der Waals surface area contributed by atoms with E-state index in [2.05, 4.69) is 37.6 Å². The summed E-state index contributed by atoms with van der Waals surface area (Å²) in [5.41, 5.74) is 0. The third kappa shape index (κ3) is 3.44. The minimum atomic E-state index is 0.300. The highest BCUT2D eigenvalue weighted by atomic mass is 16.3. The van der Waals surface area contributed by atoms with Gasteiger partial charge in [0.25, 0.3) is 0 Å². The molecule has 0 spiro atoms. The lowest BCUT2D eigenvalue weighted by Crippen LogP contribution is -2.48. The van der Waals surface area contributed by atoms with Crippen LogP contribution in [0.5, 0.6) is 0 Å². The first kappa shape index (κ1) is 12.9. The van der Waals surface area contributed by atoms with Crippen molar-refractivity contribution in [1.29, 1.82) is 0 Å². The lowest BCUT2D eigenvalue weighted by atomic mass is 10.1. The second-order valence-corrected chi connectivity index (χ2v) is 5.11. The highest BCUT2D eigenvalue weighted by Crippen LogP contribution is 2.20. The number of hydrogen-bond donors (Lipinski definition) is 1. The third-order valence-corrected chi connectivity index (χ3v) is 3.44. The molecule has 1 aliphatic rings. The molecule has 1 fully saturated rings. The van der Waals surface area contributed by atoms with Gasteiger partial charge in [-0.05, 0) is 47.2 Å². The Morgan fingerprint density at radius 1 is 1.40 bits per heavy atom. The summed E-state index contributed by atoms with van der Waals surface area (Å²) in [6.07, 6.45) is 2.13. The molecule has 2 unspecified atom stereocenters. The Bertz CT molecular complexity index is 184. The first-order valence-electron chi connectivity index (χ1n) is 6.13. The predicted octanol–water partition coefficient (Wildman–Crippen LogP) is 1.17. The van der Waals surface area contributed by atoms with Gasteiger partial charge in [0.05, 0.1) is 0 Å². The fraction of sp³-hybridized carbons (Fsp3) is 1.00. The summed E-state index contributed by atoms with van der Waals surface area (Å²) >= 11 is 0. The molecule has 15 heavy (non-hydrogen) atoms. The summed E-state index contributed by atoms with van der Waals surface area (Å²) in [7, 11) is 2.18. The maximum Gasteiger partial charge on any atom is 0.0446 e. The quantitative estimate of drug-likeness (QED) is 0.764. The smallest absolute Gasteiger partial charge is 0.0446 e. The molecular formula is C12H26N2O. The SMILES string of the molecule is CC(C)N1C(C)CCN(C)CC1CCO. The summed E-state index contributed by atoms with van der Waals surface area (Å²) < 4.78 is 0. The van der Waals surface area contributed by atoms with Crippen molar-refractivity contribution in [1.82, 2.24) is 9.80 Å². The van der Waals surface area contributed by atoms with Crippen LogP contribution in [0, 0.1) is 0 Å². The van der Waals surface area contributed by atoms with E-state index in [0.717, 1.165) is 13.0 Å². The zero-order valence-corrected chi connectivity index (χ0v) is 10.6. The maximum atomic E-state index is 9.14. The predicted molar refractivity (Wildman–Crippen MR) is 64.0 cm³/mol. The van der Waals surface area contributed by atoms with E-state index in [0.29, 0.717) is 24.7 Å². The molecule has 1 aliphatic heterocycles. The summed E-state index contributed by atoms with van der Waals surface area (Å²) in [6, 6.07) is 1.71. The molecule has 3 nitrogen and oxygen atoms in total. The van der Waals surface area contributed by atoms with Crippen molar-refractivity contribution in [3.8, 4) is 0 Å². The minimum absolute atomic E-state index is 0.300. The minimum Gasteiger partial charge on any atom is -0.396 e. The molecule has 0 saturated carbocycles. The normalized spacial score (nSPS) is 30.8. The average molecular weight is 214 g/mol. The highest BCUT2D eigenvalue weighted by molar-refractivity contribution is 4.85. The molecule has 90 valence electrons. The van der Waals surface area contributed by atoms with Crippen LogP contribution in [0.15, 0.2) is 0 Å². The van der Waals surface area contributed by atoms with Gasteiger partial charge in [-0.25, -0.2) is 0 Å². The Hall–Kier alpha value is -0.120. The molecule has 1 N–H and O–H groups in total. The van der Waals surface area contributed by atoms with Crippen molar-refractivity contribution in [2.24, 2.45) is 0 Å². The van der Waals surface area contributed by atoms with Gasteiger partial charge in [-0.1, -0.05) is 0 Å². The molecule has 0 aromatic rings. The van der Waals surface area contributed by atoms with E-state index in [-0.39, 0.29) is 0 Å². The van der Waals surface area contributed by atoms with Crippen LogP contribution in [0.25, 0.3) is 0 Å². The van der Waals surface area contributed by atoms with E-state index in [1.165, 1.54) is 13.0 Å². The molecule has 3 heteroatoms. The maximum absolute atomic E-state index is 9.14. The lowest BCUT2D eigenvalue weighted by molar-refractivity contribution is 0.0863. The fourth-order valence-electron chi connectivity index (χ4n) is 2.78. The number of likely N-dealkylation sites (N-methyl/N-ethyl adjacent to an activating group) is 1. The van der Waals surface area contributed by atoms with E-state index in [4.69, 9.17) is 5.11 Å². The highest BCUT2D eigenvalue weighted by Gasteiger charge is 2.29. The van der Waals surface area contributed by atoms with E-state index in [9.17, 15) is 0 Å². The molecule has 0 bridgehead atoms. The zero-order chi connectivity index (χ0) is 11.4. The monoisotopic (exact) mass is 214 g/mol. The van der Waals surface area contributed by atoms with Crippen LogP contribution >= 0.6 is 0 Å². The van der Waals surface area contributed by atoms with Gasteiger partial charge in [-0.3, -0.25) is 4.90 Å². The molecule has 0 amide bonds. The summed E-state index contributed by atoms with van der Waals surface area (Å²) in [5, 5.41) is 9.14. The van der Waals surface area contributed by atoms with E-state index >= 15 is 0 Å². The van der Waals surface area contributed by atoms with Gasteiger partial charge in [0, 0.05) is 31.3 Å².